The number of nitro benzene ring substituents is 1. The van der Waals surface area contributed by atoms with E-state index in [-0.39, 0.29) is 43.6 Å². The molecule has 1 aromatic carbocycles. The third-order valence-electron chi connectivity index (χ3n) is 2.27. The van der Waals surface area contributed by atoms with E-state index in [1.807, 2.05) is 0 Å². The molecule has 20 heavy (non-hydrogen) atoms. The smallest absolute Gasteiger partial charge is 0.269 e. The van der Waals surface area contributed by atoms with Crippen LogP contribution in [0.1, 0.15) is 5.56 Å². The van der Waals surface area contributed by atoms with Crippen molar-refractivity contribution in [3.05, 3.63) is 39.9 Å². The number of hydrogen-bond donors (Lipinski definition) is 3. The molecule has 0 unspecified atom stereocenters. The summed E-state index contributed by atoms with van der Waals surface area (Å²) in [6.45, 7) is -0.0893. The number of nitrogens with zero attached hydrogens (tertiary/aromatic N) is 1. The van der Waals surface area contributed by atoms with E-state index in [2.05, 4.69) is 10.6 Å². The Kier molecular flexibility index (Phi) is 7.87. The summed E-state index contributed by atoms with van der Waals surface area (Å²) >= 11 is 0. The molecule has 0 heterocycles. The van der Waals surface area contributed by atoms with Crippen molar-refractivity contribution in [1.82, 2.24) is 10.6 Å². The zero-order valence-electron chi connectivity index (χ0n) is 10.5. The van der Waals surface area contributed by atoms with E-state index in [9.17, 15) is 19.7 Å². The average molecular weight is 303 g/mol. The second-order valence-corrected chi connectivity index (χ2v) is 3.68. The second kappa shape index (κ2) is 8.83. The molecular formula is C11H15ClN4O4. The van der Waals surface area contributed by atoms with Gasteiger partial charge < -0.3 is 16.4 Å². The maximum Gasteiger partial charge on any atom is 0.269 e. The van der Waals surface area contributed by atoms with Crippen molar-refractivity contribution >= 4 is 29.9 Å². The number of carbonyl (C=O) groups excluding carboxylic acids is 2. The minimum Gasteiger partial charge on any atom is -0.350 e. The van der Waals surface area contributed by atoms with E-state index < -0.39 is 10.8 Å². The van der Waals surface area contributed by atoms with Crippen LogP contribution < -0.4 is 16.4 Å². The fourth-order valence-electron chi connectivity index (χ4n) is 1.25. The maximum atomic E-state index is 11.3. The molecule has 0 bridgehead atoms. The monoisotopic (exact) mass is 302 g/mol. The molecule has 0 atom stereocenters. The molecule has 0 spiro atoms. The second-order valence-electron chi connectivity index (χ2n) is 3.68. The number of nitrogens with one attached hydrogen (secondary N) is 2. The molecule has 0 fully saturated rings. The molecule has 0 saturated carbocycles. The molecule has 1 aromatic rings. The van der Waals surface area contributed by atoms with Gasteiger partial charge in [-0.05, 0) is 5.56 Å². The Labute approximate surface area is 121 Å². The Hall–Kier alpha value is -2.19. The van der Waals surface area contributed by atoms with Crippen LogP contribution in [0.4, 0.5) is 5.69 Å². The van der Waals surface area contributed by atoms with Crippen LogP contribution in [0.2, 0.25) is 0 Å². The van der Waals surface area contributed by atoms with Crippen molar-refractivity contribution in [2.45, 2.75) is 6.54 Å². The van der Waals surface area contributed by atoms with Gasteiger partial charge in [0.05, 0.1) is 18.0 Å². The molecule has 0 aliphatic heterocycles. The van der Waals surface area contributed by atoms with Crippen molar-refractivity contribution < 1.29 is 14.5 Å². The first-order valence-corrected chi connectivity index (χ1v) is 5.49. The molecule has 0 radical (unpaired) electrons. The third-order valence-corrected chi connectivity index (χ3v) is 2.27. The third kappa shape index (κ3) is 6.12. The van der Waals surface area contributed by atoms with Crippen LogP contribution in [0.25, 0.3) is 0 Å². The largest absolute Gasteiger partial charge is 0.350 e. The lowest BCUT2D eigenvalue weighted by molar-refractivity contribution is -0.384. The number of nitro groups is 1. The minimum absolute atomic E-state index is 0. The fraction of sp³-hybridized carbons (Fsp3) is 0.273. The van der Waals surface area contributed by atoms with Gasteiger partial charge in [0, 0.05) is 18.7 Å². The van der Waals surface area contributed by atoms with Gasteiger partial charge in [-0.2, -0.15) is 0 Å². The van der Waals surface area contributed by atoms with E-state index in [0.29, 0.717) is 0 Å². The Balaban J connectivity index is 0.00000361. The highest BCUT2D eigenvalue weighted by molar-refractivity contribution is 5.85. The number of carbonyl (C=O) groups is 2. The number of benzene rings is 1. The molecular weight excluding hydrogens is 288 g/mol. The molecule has 0 saturated heterocycles. The van der Waals surface area contributed by atoms with E-state index in [0.717, 1.165) is 5.56 Å². The number of halogens is 1. The summed E-state index contributed by atoms with van der Waals surface area (Å²) in [5.41, 5.74) is 5.78. The highest BCUT2D eigenvalue weighted by atomic mass is 35.5. The van der Waals surface area contributed by atoms with E-state index >= 15 is 0 Å². The summed E-state index contributed by atoms with van der Waals surface area (Å²) in [6.07, 6.45) is 0. The molecule has 1 rings (SSSR count). The van der Waals surface area contributed by atoms with Crippen molar-refractivity contribution in [2.75, 3.05) is 13.1 Å². The lowest BCUT2D eigenvalue weighted by Gasteiger charge is -2.06. The normalized spacial score (nSPS) is 9.25. The summed E-state index contributed by atoms with van der Waals surface area (Å²) in [7, 11) is 0. The van der Waals surface area contributed by atoms with Crippen molar-refractivity contribution in [3.8, 4) is 0 Å². The quantitative estimate of drug-likeness (QED) is 0.491. The van der Waals surface area contributed by atoms with Crippen LogP contribution in [0.5, 0.6) is 0 Å². The Morgan fingerprint density at radius 3 is 2.25 bits per heavy atom. The fourth-order valence-corrected chi connectivity index (χ4v) is 1.25. The summed E-state index contributed by atoms with van der Waals surface area (Å²) < 4.78 is 0. The molecule has 110 valence electrons. The van der Waals surface area contributed by atoms with Crippen LogP contribution in [-0.2, 0) is 16.1 Å². The van der Waals surface area contributed by atoms with Gasteiger partial charge in [0.2, 0.25) is 11.8 Å². The number of amides is 2. The minimum atomic E-state index is -0.495. The molecule has 8 nitrogen and oxygen atoms in total. The maximum absolute atomic E-state index is 11.3. The SMILES string of the molecule is Cl.NCC(=O)NCC(=O)NCc1ccc([N+](=O)[O-])cc1. The molecule has 0 aliphatic carbocycles. The zero-order chi connectivity index (χ0) is 14.3. The lowest BCUT2D eigenvalue weighted by atomic mass is 10.2. The average Bonchev–Trinajstić information content (AvgIpc) is 2.42. The predicted octanol–water partition coefficient (Wildman–Crippen LogP) is -0.292. The Morgan fingerprint density at radius 1 is 1.15 bits per heavy atom. The summed E-state index contributed by atoms with van der Waals surface area (Å²) in [5.74, 6) is -0.773. The Morgan fingerprint density at radius 2 is 1.75 bits per heavy atom. The number of hydrogen-bond acceptors (Lipinski definition) is 5. The molecule has 0 aromatic heterocycles. The Bertz CT molecular complexity index is 478. The van der Waals surface area contributed by atoms with Crippen LogP contribution in [0.3, 0.4) is 0 Å². The van der Waals surface area contributed by atoms with Crippen LogP contribution in [0, 0.1) is 10.1 Å². The lowest BCUT2D eigenvalue weighted by Crippen LogP contribution is -2.39. The van der Waals surface area contributed by atoms with Gasteiger partial charge in [-0.1, -0.05) is 12.1 Å². The highest BCUT2D eigenvalue weighted by Crippen LogP contribution is 2.11. The van der Waals surface area contributed by atoms with Crippen LogP contribution in [0.15, 0.2) is 24.3 Å². The van der Waals surface area contributed by atoms with Crippen LogP contribution >= 0.6 is 12.4 Å². The van der Waals surface area contributed by atoms with E-state index in [4.69, 9.17) is 5.73 Å². The molecule has 9 heteroatoms. The number of nitrogens with two attached hydrogens (primary N) is 1. The first kappa shape index (κ1) is 17.8. The van der Waals surface area contributed by atoms with E-state index in [1.54, 1.807) is 12.1 Å². The topological polar surface area (TPSA) is 127 Å². The van der Waals surface area contributed by atoms with E-state index in [1.165, 1.54) is 12.1 Å². The standard InChI is InChI=1S/C11H14N4O4.ClH/c12-5-10(16)14-7-11(17)13-6-8-1-3-9(4-2-8)15(18)19;/h1-4H,5-7,12H2,(H,13,17)(H,14,16);1H. The van der Waals surface area contributed by atoms with Crippen molar-refractivity contribution in [1.29, 1.82) is 0 Å². The van der Waals surface area contributed by atoms with Gasteiger partial charge >= 0.3 is 0 Å². The summed E-state index contributed by atoms with van der Waals surface area (Å²) in [5, 5.41) is 15.3. The van der Waals surface area contributed by atoms with Gasteiger partial charge in [0.15, 0.2) is 0 Å². The van der Waals surface area contributed by atoms with Crippen molar-refractivity contribution in [2.24, 2.45) is 5.73 Å². The molecule has 4 N–H and O–H groups in total. The van der Waals surface area contributed by atoms with Gasteiger partial charge in [-0.25, -0.2) is 0 Å². The van der Waals surface area contributed by atoms with Gasteiger partial charge in [-0.15, -0.1) is 12.4 Å². The zero-order valence-corrected chi connectivity index (χ0v) is 11.3. The number of rotatable bonds is 6. The van der Waals surface area contributed by atoms with Gasteiger partial charge in [0.1, 0.15) is 0 Å². The molecule has 0 aliphatic rings. The summed E-state index contributed by atoms with van der Waals surface area (Å²) in [4.78, 5) is 32.1. The van der Waals surface area contributed by atoms with Crippen LogP contribution in [-0.4, -0.2) is 29.8 Å². The van der Waals surface area contributed by atoms with Gasteiger partial charge in [0.25, 0.3) is 5.69 Å². The highest BCUT2D eigenvalue weighted by Gasteiger charge is 2.06. The van der Waals surface area contributed by atoms with Gasteiger partial charge in [-0.3, -0.25) is 19.7 Å². The number of non-ortho nitro benzene ring substituents is 1. The first-order chi connectivity index (χ1) is 9.02. The summed E-state index contributed by atoms with van der Waals surface area (Å²) in [6, 6.07) is 5.82. The molecule has 2 amide bonds. The first-order valence-electron chi connectivity index (χ1n) is 5.49. The predicted molar refractivity (Wildman–Crippen MR) is 74.3 cm³/mol. The van der Waals surface area contributed by atoms with Crippen molar-refractivity contribution in [3.63, 3.8) is 0 Å².